The maximum atomic E-state index is 11.8. The molecule has 2 aromatic rings. The minimum Gasteiger partial charge on any atom is -0.350 e. The molecule has 1 aromatic heterocycles. The summed E-state index contributed by atoms with van der Waals surface area (Å²) in [5.41, 5.74) is 1.84. The van der Waals surface area contributed by atoms with Crippen LogP contribution >= 0.6 is 15.9 Å². The van der Waals surface area contributed by atoms with E-state index in [0.29, 0.717) is 5.69 Å². The summed E-state index contributed by atoms with van der Waals surface area (Å²) in [6.45, 7) is 1.98. The van der Waals surface area contributed by atoms with Crippen LogP contribution in [0.4, 0.5) is 0 Å². The van der Waals surface area contributed by atoms with Crippen molar-refractivity contribution in [1.82, 2.24) is 15.3 Å². The molecule has 1 amide bonds. The van der Waals surface area contributed by atoms with Gasteiger partial charge in [-0.05, 0) is 37.1 Å². The van der Waals surface area contributed by atoms with E-state index in [4.69, 9.17) is 0 Å². The van der Waals surface area contributed by atoms with Crippen molar-refractivity contribution >= 4 is 27.9 Å². The number of carbonyl (C=O) groups excluding carboxylic acids is 1. The van der Waals surface area contributed by atoms with Crippen LogP contribution in [0.15, 0.2) is 53.4 Å². The Kier molecular flexibility index (Phi) is 5.63. The molecule has 0 aliphatic rings. The third kappa shape index (κ3) is 5.47. The Morgan fingerprint density at radius 3 is 2.76 bits per heavy atom. The molecule has 0 spiro atoms. The third-order valence-corrected chi connectivity index (χ3v) is 3.36. The Balaban J connectivity index is 1.84. The SMILES string of the molecule is C[C@@H](Cc1ccc(Br)cc1)NC(=O)/C=C/c1cnccn1. The lowest BCUT2D eigenvalue weighted by Crippen LogP contribution is -2.32. The van der Waals surface area contributed by atoms with Crippen molar-refractivity contribution in [2.75, 3.05) is 0 Å². The number of aromatic nitrogens is 2. The summed E-state index contributed by atoms with van der Waals surface area (Å²) in [6.07, 6.45) is 8.70. The van der Waals surface area contributed by atoms with E-state index in [1.807, 2.05) is 31.2 Å². The van der Waals surface area contributed by atoms with Gasteiger partial charge in [0.2, 0.25) is 5.91 Å². The quantitative estimate of drug-likeness (QED) is 0.847. The van der Waals surface area contributed by atoms with Crippen molar-refractivity contribution in [3.05, 3.63) is 64.7 Å². The summed E-state index contributed by atoms with van der Waals surface area (Å²) in [6, 6.07) is 8.14. The van der Waals surface area contributed by atoms with Gasteiger partial charge >= 0.3 is 0 Å². The van der Waals surface area contributed by atoms with Gasteiger partial charge in [0.1, 0.15) is 0 Å². The average Bonchev–Trinajstić information content (AvgIpc) is 2.48. The summed E-state index contributed by atoms with van der Waals surface area (Å²) in [4.78, 5) is 19.8. The van der Waals surface area contributed by atoms with E-state index < -0.39 is 0 Å². The highest BCUT2D eigenvalue weighted by atomic mass is 79.9. The maximum absolute atomic E-state index is 11.8. The second-order valence-electron chi connectivity index (χ2n) is 4.70. The molecule has 0 aliphatic heterocycles. The lowest BCUT2D eigenvalue weighted by atomic mass is 10.1. The van der Waals surface area contributed by atoms with Crippen LogP contribution in [0, 0.1) is 0 Å². The van der Waals surface area contributed by atoms with Gasteiger partial charge < -0.3 is 5.32 Å². The molecule has 0 aliphatic carbocycles. The smallest absolute Gasteiger partial charge is 0.244 e. The fourth-order valence-corrected chi connectivity index (χ4v) is 2.14. The minimum absolute atomic E-state index is 0.0604. The first-order chi connectivity index (χ1) is 10.1. The molecule has 108 valence electrons. The number of benzene rings is 1. The van der Waals surface area contributed by atoms with E-state index in [0.717, 1.165) is 10.9 Å². The molecular formula is C16H16BrN3O. The maximum Gasteiger partial charge on any atom is 0.244 e. The van der Waals surface area contributed by atoms with Crippen LogP contribution in [-0.2, 0) is 11.2 Å². The Bertz CT molecular complexity index is 611. The van der Waals surface area contributed by atoms with Crippen LogP contribution < -0.4 is 5.32 Å². The Hall–Kier alpha value is -2.01. The van der Waals surface area contributed by atoms with Gasteiger partial charge in [0.25, 0.3) is 0 Å². The number of halogens is 1. The zero-order chi connectivity index (χ0) is 15.1. The number of amides is 1. The summed E-state index contributed by atoms with van der Waals surface area (Å²) in [7, 11) is 0. The van der Waals surface area contributed by atoms with Crippen molar-refractivity contribution in [3.8, 4) is 0 Å². The van der Waals surface area contributed by atoms with E-state index in [-0.39, 0.29) is 11.9 Å². The van der Waals surface area contributed by atoms with Gasteiger partial charge in [0.15, 0.2) is 0 Å². The second kappa shape index (κ2) is 7.69. The Morgan fingerprint density at radius 1 is 1.33 bits per heavy atom. The number of nitrogens with one attached hydrogen (secondary N) is 1. The molecule has 0 bridgehead atoms. The fourth-order valence-electron chi connectivity index (χ4n) is 1.87. The van der Waals surface area contributed by atoms with Crippen molar-refractivity contribution in [1.29, 1.82) is 0 Å². The Labute approximate surface area is 132 Å². The molecular weight excluding hydrogens is 330 g/mol. The molecule has 4 nitrogen and oxygen atoms in total. The first kappa shape index (κ1) is 15.4. The van der Waals surface area contributed by atoms with Crippen LogP contribution in [0.1, 0.15) is 18.2 Å². The zero-order valence-electron chi connectivity index (χ0n) is 11.7. The lowest BCUT2D eigenvalue weighted by Gasteiger charge is -2.12. The van der Waals surface area contributed by atoms with E-state index in [9.17, 15) is 4.79 Å². The molecule has 5 heteroatoms. The van der Waals surface area contributed by atoms with Gasteiger partial charge in [0, 0.05) is 29.0 Å². The topological polar surface area (TPSA) is 54.9 Å². The fraction of sp³-hybridized carbons (Fsp3) is 0.188. The van der Waals surface area contributed by atoms with Gasteiger partial charge in [0.05, 0.1) is 11.9 Å². The molecule has 1 heterocycles. The lowest BCUT2D eigenvalue weighted by molar-refractivity contribution is -0.117. The van der Waals surface area contributed by atoms with Crippen LogP contribution in [0.25, 0.3) is 6.08 Å². The van der Waals surface area contributed by atoms with Crippen molar-refractivity contribution in [2.24, 2.45) is 0 Å². The number of rotatable bonds is 5. The van der Waals surface area contributed by atoms with Crippen molar-refractivity contribution < 1.29 is 4.79 Å². The second-order valence-corrected chi connectivity index (χ2v) is 5.62. The minimum atomic E-state index is -0.134. The van der Waals surface area contributed by atoms with E-state index >= 15 is 0 Å². The van der Waals surface area contributed by atoms with Crippen molar-refractivity contribution in [3.63, 3.8) is 0 Å². The van der Waals surface area contributed by atoms with E-state index in [1.165, 1.54) is 11.6 Å². The van der Waals surface area contributed by atoms with Gasteiger partial charge in [-0.1, -0.05) is 28.1 Å². The highest BCUT2D eigenvalue weighted by Gasteiger charge is 2.06. The molecule has 0 unspecified atom stereocenters. The predicted octanol–water partition coefficient (Wildman–Crippen LogP) is 3.00. The molecule has 1 atom stereocenters. The van der Waals surface area contributed by atoms with Gasteiger partial charge in [-0.25, -0.2) is 0 Å². The summed E-state index contributed by atoms with van der Waals surface area (Å²) in [5, 5.41) is 2.93. The summed E-state index contributed by atoms with van der Waals surface area (Å²) in [5.74, 6) is -0.134. The number of hydrogen-bond donors (Lipinski definition) is 1. The number of hydrogen-bond acceptors (Lipinski definition) is 3. The third-order valence-electron chi connectivity index (χ3n) is 2.83. The van der Waals surface area contributed by atoms with Crippen LogP contribution in [0.3, 0.4) is 0 Å². The van der Waals surface area contributed by atoms with Crippen LogP contribution in [-0.4, -0.2) is 21.9 Å². The van der Waals surface area contributed by atoms with Gasteiger partial charge in [-0.15, -0.1) is 0 Å². The molecule has 2 rings (SSSR count). The van der Waals surface area contributed by atoms with Gasteiger partial charge in [-0.3, -0.25) is 14.8 Å². The molecule has 0 fully saturated rings. The normalized spacial score (nSPS) is 12.3. The molecule has 0 radical (unpaired) electrons. The summed E-state index contributed by atoms with van der Waals surface area (Å²) < 4.78 is 1.05. The standard InChI is InChI=1S/C16H16BrN3O/c1-12(10-13-2-4-14(17)5-3-13)20-16(21)7-6-15-11-18-8-9-19-15/h2-9,11-12H,10H2,1H3,(H,20,21)/b7-6+/t12-/m0/s1. The molecule has 0 saturated heterocycles. The monoisotopic (exact) mass is 345 g/mol. The average molecular weight is 346 g/mol. The highest BCUT2D eigenvalue weighted by Crippen LogP contribution is 2.11. The summed E-state index contributed by atoms with van der Waals surface area (Å²) >= 11 is 3.40. The van der Waals surface area contributed by atoms with Crippen LogP contribution in [0.5, 0.6) is 0 Å². The highest BCUT2D eigenvalue weighted by molar-refractivity contribution is 9.10. The first-order valence-corrected chi connectivity index (χ1v) is 7.42. The molecule has 21 heavy (non-hydrogen) atoms. The first-order valence-electron chi connectivity index (χ1n) is 6.62. The molecule has 1 aromatic carbocycles. The van der Waals surface area contributed by atoms with E-state index in [2.05, 4.69) is 31.2 Å². The number of nitrogens with zero attached hydrogens (tertiary/aromatic N) is 2. The van der Waals surface area contributed by atoms with Crippen LogP contribution in [0.2, 0.25) is 0 Å². The number of carbonyl (C=O) groups is 1. The van der Waals surface area contributed by atoms with Gasteiger partial charge in [-0.2, -0.15) is 0 Å². The van der Waals surface area contributed by atoms with Crippen molar-refractivity contribution in [2.45, 2.75) is 19.4 Å². The Morgan fingerprint density at radius 2 is 2.10 bits per heavy atom. The zero-order valence-corrected chi connectivity index (χ0v) is 13.2. The largest absolute Gasteiger partial charge is 0.350 e. The van der Waals surface area contributed by atoms with E-state index in [1.54, 1.807) is 24.7 Å². The molecule has 0 saturated carbocycles. The molecule has 1 N–H and O–H groups in total. The predicted molar refractivity (Wildman–Crippen MR) is 86.5 cm³/mol.